The van der Waals surface area contributed by atoms with Gasteiger partial charge in [0, 0.05) is 13.3 Å². The van der Waals surface area contributed by atoms with Crippen LogP contribution in [0.1, 0.15) is 24.2 Å². The molecule has 0 N–H and O–H groups in total. The summed E-state index contributed by atoms with van der Waals surface area (Å²) in [6.45, 7) is 4.40. The molecule has 1 unspecified atom stereocenters. The monoisotopic (exact) mass is 262 g/mol. The lowest BCUT2D eigenvalue weighted by Gasteiger charge is -2.20. The highest BCUT2D eigenvalue weighted by atomic mass is 16.6. The molecule has 5 heteroatoms. The molecule has 0 aliphatic rings. The molecule has 0 aliphatic carbocycles. The first kappa shape index (κ1) is 13.5. The van der Waals surface area contributed by atoms with Gasteiger partial charge in [-0.25, -0.2) is 9.78 Å². The predicted octanol–water partition coefficient (Wildman–Crippen LogP) is 2.16. The SMILES string of the molecule is COCC(OC(=O)c1ccn2cncc2c1)C(C)C. The van der Waals surface area contributed by atoms with E-state index in [1.54, 1.807) is 38.0 Å². The Kier molecular flexibility index (Phi) is 4.16. The minimum atomic E-state index is -0.334. The van der Waals surface area contributed by atoms with Gasteiger partial charge in [-0.05, 0) is 18.1 Å². The molecule has 0 saturated carbocycles. The van der Waals surface area contributed by atoms with Gasteiger partial charge in [-0.15, -0.1) is 0 Å². The van der Waals surface area contributed by atoms with E-state index in [0.29, 0.717) is 12.2 Å². The molecule has 2 aromatic heterocycles. The largest absolute Gasteiger partial charge is 0.456 e. The lowest BCUT2D eigenvalue weighted by atomic mass is 10.1. The van der Waals surface area contributed by atoms with Crippen molar-refractivity contribution in [1.29, 1.82) is 0 Å². The lowest BCUT2D eigenvalue weighted by Crippen LogP contribution is -2.28. The molecule has 0 amide bonds. The van der Waals surface area contributed by atoms with Gasteiger partial charge in [0.15, 0.2) is 0 Å². The number of methoxy groups -OCH3 is 1. The Bertz CT molecular complexity index is 563. The zero-order chi connectivity index (χ0) is 13.8. The van der Waals surface area contributed by atoms with Gasteiger partial charge in [0.1, 0.15) is 6.10 Å². The predicted molar refractivity (Wildman–Crippen MR) is 71.1 cm³/mol. The van der Waals surface area contributed by atoms with Gasteiger partial charge in [0.05, 0.1) is 30.2 Å². The first-order chi connectivity index (χ1) is 9.11. The number of rotatable bonds is 5. The Labute approximate surface area is 112 Å². The first-order valence-electron chi connectivity index (χ1n) is 6.23. The van der Waals surface area contributed by atoms with Gasteiger partial charge in [0.25, 0.3) is 0 Å². The Hall–Kier alpha value is -1.88. The van der Waals surface area contributed by atoms with Crippen LogP contribution < -0.4 is 0 Å². The summed E-state index contributed by atoms with van der Waals surface area (Å²) in [4.78, 5) is 16.1. The first-order valence-corrected chi connectivity index (χ1v) is 6.23. The van der Waals surface area contributed by atoms with E-state index < -0.39 is 0 Å². The third-order valence-electron chi connectivity index (χ3n) is 2.98. The molecule has 0 saturated heterocycles. The van der Waals surface area contributed by atoms with Gasteiger partial charge >= 0.3 is 5.97 Å². The minimum absolute atomic E-state index is 0.211. The van der Waals surface area contributed by atoms with Gasteiger partial charge in [-0.3, -0.25) is 0 Å². The quantitative estimate of drug-likeness (QED) is 0.775. The molecule has 2 heterocycles. The summed E-state index contributed by atoms with van der Waals surface area (Å²) >= 11 is 0. The fraction of sp³-hybridized carbons (Fsp3) is 0.429. The topological polar surface area (TPSA) is 52.8 Å². The number of hydrogen-bond acceptors (Lipinski definition) is 4. The van der Waals surface area contributed by atoms with Gasteiger partial charge in [-0.1, -0.05) is 13.8 Å². The summed E-state index contributed by atoms with van der Waals surface area (Å²) in [6.07, 6.45) is 4.94. The molecule has 2 rings (SSSR count). The summed E-state index contributed by atoms with van der Waals surface area (Å²) in [6, 6.07) is 3.49. The van der Waals surface area contributed by atoms with Crippen LogP contribution in [0.5, 0.6) is 0 Å². The molecular weight excluding hydrogens is 244 g/mol. The van der Waals surface area contributed by atoms with Gasteiger partial charge in [0.2, 0.25) is 0 Å². The van der Waals surface area contributed by atoms with E-state index in [-0.39, 0.29) is 18.0 Å². The van der Waals surface area contributed by atoms with Gasteiger partial charge in [-0.2, -0.15) is 0 Å². The number of carbonyl (C=O) groups excluding carboxylic acids is 1. The Morgan fingerprint density at radius 1 is 1.47 bits per heavy atom. The molecule has 0 aliphatic heterocycles. The van der Waals surface area contributed by atoms with Crippen molar-refractivity contribution in [2.24, 2.45) is 5.92 Å². The van der Waals surface area contributed by atoms with Crippen molar-refractivity contribution in [3.63, 3.8) is 0 Å². The number of hydrogen-bond donors (Lipinski definition) is 0. The fourth-order valence-electron chi connectivity index (χ4n) is 1.78. The number of nitrogens with zero attached hydrogens (tertiary/aromatic N) is 2. The maximum absolute atomic E-state index is 12.1. The Morgan fingerprint density at radius 3 is 2.95 bits per heavy atom. The van der Waals surface area contributed by atoms with Crippen LogP contribution in [-0.4, -0.2) is 35.2 Å². The molecule has 0 spiro atoms. The fourth-order valence-corrected chi connectivity index (χ4v) is 1.78. The lowest BCUT2D eigenvalue weighted by molar-refractivity contribution is -0.0102. The van der Waals surface area contributed by atoms with Crippen molar-refractivity contribution >= 4 is 11.5 Å². The molecule has 2 aromatic rings. The van der Waals surface area contributed by atoms with E-state index in [1.165, 1.54) is 0 Å². The molecule has 19 heavy (non-hydrogen) atoms. The number of aromatic nitrogens is 2. The Balaban J connectivity index is 2.13. The average Bonchev–Trinajstić information content (AvgIpc) is 2.85. The van der Waals surface area contributed by atoms with Crippen molar-refractivity contribution in [2.45, 2.75) is 20.0 Å². The summed E-state index contributed by atoms with van der Waals surface area (Å²) in [5.74, 6) is -0.123. The highest BCUT2D eigenvalue weighted by Gasteiger charge is 2.19. The summed E-state index contributed by atoms with van der Waals surface area (Å²) in [7, 11) is 1.60. The molecule has 0 fully saturated rings. The average molecular weight is 262 g/mol. The highest BCUT2D eigenvalue weighted by molar-refractivity contribution is 5.90. The zero-order valence-corrected chi connectivity index (χ0v) is 11.4. The van der Waals surface area contributed by atoms with Crippen LogP contribution in [0.4, 0.5) is 0 Å². The zero-order valence-electron chi connectivity index (χ0n) is 11.4. The summed E-state index contributed by atoms with van der Waals surface area (Å²) in [5, 5.41) is 0. The van der Waals surface area contributed by atoms with Crippen LogP contribution in [0.25, 0.3) is 5.52 Å². The number of pyridine rings is 1. The van der Waals surface area contributed by atoms with Gasteiger partial charge < -0.3 is 13.9 Å². The van der Waals surface area contributed by atoms with E-state index in [1.807, 2.05) is 18.2 Å². The van der Waals surface area contributed by atoms with E-state index in [4.69, 9.17) is 9.47 Å². The smallest absolute Gasteiger partial charge is 0.338 e. The van der Waals surface area contributed by atoms with Crippen LogP contribution >= 0.6 is 0 Å². The summed E-state index contributed by atoms with van der Waals surface area (Å²) in [5.41, 5.74) is 1.39. The maximum atomic E-state index is 12.1. The standard InChI is InChI=1S/C14H18N2O3/c1-10(2)13(8-18-3)19-14(17)11-4-5-16-9-15-7-12(16)6-11/h4-7,9-10,13H,8H2,1-3H3. The molecule has 5 nitrogen and oxygen atoms in total. The highest BCUT2D eigenvalue weighted by Crippen LogP contribution is 2.13. The third-order valence-corrected chi connectivity index (χ3v) is 2.98. The van der Waals surface area contributed by atoms with Crippen LogP contribution in [0.2, 0.25) is 0 Å². The number of fused-ring (bicyclic) bond motifs is 1. The van der Waals surface area contributed by atoms with E-state index in [9.17, 15) is 4.79 Å². The molecule has 0 radical (unpaired) electrons. The number of imidazole rings is 1. The van der Waals surface area contributed by atoms with Crippen molar-refractivity contribution < 1.29 is 14.3 Å². The molecule has 0 aromatic carbocycles. The second kappa shape index (κ2) is 5.84. The number of ether oxygens (including phenoxy) is 2. The van der Waals surface area contributed by atoms with E-state index in [2.05, 4.69) is 4.98 Å². The van der Waals surface area contributed by atoms with Crippen LogP contribution in [0.15, 0.2) is 30.9 Å². The molecule has 1 atom stereocenters. The van der Waals surface area contributed by atoms with Crippen molar-refractivity contribution in [3.8, 4) is 0 Å². The molecule has 102 valence electrons. The van der Waals surface area contributed by atoms with Crippen molar-refractivity contribution in [1.82, 2.24) is 9.38 Å². The second-order valence-corrected chi connectivity index (χ2v) is 4.78. The number of carbonyl (C=O) groups is 1. The normalized spacial score (nSPS) is 12.8. The van der Waals surface area contributed by atoms with Crippen LogP contribution in [0, 0.1) is 5.92 Å². The van der Waals surface area contributed by atoms with Crippen molar-refractivity contribution in [3.05, 3.63) is 36.4 Å². The van der Waals surface area contributed by atoms with E-state index in [0.717, 1.165) is 5.52 Å². The molecule has 0 bridgehead atoms. The third kappa shape index (κ3) is 3.12. The number of esters is 1. The maximum Gasteiger partial charge on any atom is 0.338 e. The van der Waals surface area contributed by atoms with Crippen LogP contribution in [0.3, 0.4) is 0 Å². The molecular formula is C14H18N2O3. The van der Waals surface area contributed by atoms with E-state index >= 15 is 0 Å². The second-order valence-electron chi connectivity index (χ2n) is 4.78. The summed E-state index contributed by atoms with van der Waals surface area (Å²) < 4.78 is 12.4. The minimum Gasteiger partial charge on any atom is -0.456 e. The Morgan fingerprint density at radius 2 is 2.26 bits per heavy atom. The van der Waals surface area contributed by atoms with Crippen molar-refractivity contribution in [2.75, 3.05) is 13.7 Å². The van der Waals surface area contributed by atoms with Crippen LogP contribution in [-0.2, 0) is 9.47 Å².